The molecule has 27 heavy (non-hydrogen) atoms. The van der Waals surface area contributed by atoms with Crippen LogP contribution in [0.15, 0.2) is 51.0 Å². The number of benzene rings is 1. The van der Waals surface area contributed by atoms with Crippen LogP contribution in [0.1, 0.15) is 25.3 Å². The lowest BCUT2D eigenvalue weighted by atomic mass is 10.2. The van der Waals surface area contributed by atoms with Crippen LogP contribution in [-0.2, 0) is 17.9 Å². The van der Waals surface area contributed by atoms with Crippen LogP contribution in [0.2, 0.25) is 0 Å². The Hall–Kier alpha value is -2.12. The van der Waals surface area contributed by atoms with E-state index in [0.29, 0.717) is 29.1 Å². The van der Waals surface area contributed by atoms with Gasteiger partial charge in [-0.2, -0.15) is 11.3 Å². The first kappa shape index (κ1) is 19.6. The van der Waals surface area contributed by atoms with Crippen LogP contribution in [0.25, 0.3) is 10.9 Å². The highest BCUT2D eigenvalue weighted by atomic mass is 32.2. The maximum absolute atomic E-state index is 12.9. The van der Waals surface area contributed by atoms with Crippen LogP contribution < -0.4 is 5.56 Å². The van der Waals surface area contributed by atoms with Crippen molar-refractivity contribution in [2.24, 2.45) is 0 Å². The van der Waals surface area contributed by atoms with Crippen LogP contribution in [0.4, 0.5) is 0 Å². The lowest BCUT2D eigenvalue weighted by Gasteiger charge is -2.17. The number of carbonyl (C=O) groups excluding carboxylic acids is 1. The molecule has 0 unspecified atom stereocenters. The molecule has 142 valence electrons. The third kappa shape index (κ3) is 4.78. The Kier molecular flexibility index (Phi) is 6.68. The third-order valence-corrected chi connectivity index (χ3v) is 6.01. The van der Waals surface area contributed by atoms with Gasteiger partial charge in [0.15, 0.2) is 5.16 Å². The SMILES string of the molecule is CCCCn1c(SCC(=O)N(C)Cc2ccsc2)nc2ccccc2c1=O. The topological polar surface area (TPSA) is 55.2 Å². The zero-order valence-electron chi connectivity index (χ0n) is 15.6. The van der Waals surface area contributed by atoms with E-state index in [1.165, 1.54) is 11.8 Å². The smallest absolute Gasteiger partial charge is 0.262 e. The van der Waals surface area contributed by atoms with Crippen molar-refractivity contribution in [3.8, 4) is 0 Å². The van der Waals surface area contributed by atoms with Gasteiger partial charge in [0.1, 0.15) is 0 Å². The first-order valence-corrected chi connectivity index (χ1v) is 10.9. The van der Waals surface area contributed by atoms with Crippen molar-refractivity contribution in [2.45, 2.75) is 38.0 Å². The third-order valence-electron chi connectivity index (χ3n) is 4.31. The predicted molar refractivity (Wildman–Crippen MR) is 112 cm³/mol. The molecule has 5 nitrogen and oxygen atoms in total. The van der Waals surface area contributed by atoms with E-state index in [-0.39, 0.29) is 17.2 Å². The molecule has 0 fully saturated rings. The summed E-state index contributed by atoms with van der Waals surface area (Å²) >= 11 is 2.96. The first-order valence-electron chi connectivity index (χ1n) is 8.97. The summed E-state index contributed by atoms with van der Waals surface area (Å²) in [5, 5.41) is 5.29. The molecule has 1 amide bonds. The average Bonchev–Trinajstić information content (AvgIpc) is 3.18. The molecule has 2 aromatic heterocycles. The highest BCUT2D eigenvalue weighted by Gasteiger charge is 2.15. The van der Waals surface area contributed by atoms with Gasteiger partial charge in [0.2, 0.25) is 5.91 Å². The first-order chi connectivity index (χ1) is 13.1. The van der Waals surface area contributed by atoms with Gasteiger partial charge in [0, 0.05) is 20.1 Å². The number of unbranched alkanes of at least 4 members (excludes halogenated alkanes) is 1. The van der Waals surface area contributed by atoms with E-state index in [9.17, 15) is 9.59 Å². The highest BCUT2D eigenvalue weighted by Crippen LogP contribution is 2.19. The maximum Gasteiger partial charge on any atom is 0.262 e. The van der Waals surface area contributed by atoms with E-state index in [2.05, 4.69) is 11.9 Å². The molecule has 3 aromatic rings. The molecule has 2 heterocycles. The van der Waals surface area contributed by atoms with Crippen molar-refractivity contribution in [3.63, 3.8) is 0 Å². The minimum atomic E-state index is -0.0318. The molecule has 0 spiro atoms. The number of amides is 1. The molecule has 0 aliphatic carbocycles. The number of para-hydroxylation sites is 1. The van der Waals surface area contributed by atoms with Crippen LogP contribution in [0.3, 0.4) is 0 Å². The van der Waals surface area contributed by atoms with Crippen LogP contribution >= 0.6 is 23.1 Å². The van der Waals surface area contributed by atoms with E-state index in [0.717, 1.165) is 18.4 Å². The van der Waals surface area contributed by atoms with Gasteiger partial charge in [-0.3, -0.25) is 14.2 Å². The molecule has 0 N–H and O–H groups in total. The second-order valence-corrected chi connectivity index (χ2v) is 8.11. The Morgan fingerprint density at radius 2 is 2.11 bits per heavy atom. The lowest BCUT2D eigenvalue weighted by Crippen LogP contribution is -2.28. The molecule has 3 rings (SSSR count). The Bertz CT molecular complexity index is 967. The van der Waals surface area contributed by atoms with Gasteiger partial charge in [-0.1, -0.05) is 37.2 Å². The fourth-order valence-electron chi connectivity index (χ4n) is 2.75. The number of thioether (sulfide) groups is 1. The summed E-state index contributed by atoms with van der Waals surface area (Å²) in [6.45, 7) is 3.31. The van der Waals surface area contributed by atoms with Crippen LogP contribution in [0.5, 0.6) is 0 Å². The van der Waals surface area contributed by atoms with Crippen LogP contribution in [0, 0.1) is 0 Å². The van der Waals surface area contributed by atoms with Crippen molar-refractivity contribution >= 4 is 39.9 Å². The maximum atomic E-state index is 12.9. The molecule has 0 saturated carbocycles. The second-order valence-electron chi connectivity index (χ2n) is 6.39. The molecular formula is C20H23N3O2S2. The Morgan fingerprint density at radius 3 is 2.85 bits per heavy atom. The fourth-order valence-corrected chi connectivity index (χ4v) is 4.38. The summed E-state index contributed by atoms with van der Waals surface area (Å²) in [6.07, 6.45) is 1.89. The van der Waals surface area contributed by atoms with Crippen molar-refractivity contribution < 1.29 is 4.79 Å². The molecule has 0 aliphatic rings. The van der Waals surface area contributed by atoms with Gasteiger partial charge < -0.3 is 4.90 Å². The number of hydrogen-bond acceptors (Lipinski definition) is 5. The molecule has 0 radical (unpaired) electrons. The van der Waals surface area contributed by atoms with Crippen molar-refractivity contribution in [1.82, 2.24) is 14.5 Å². The van der Waals surface area contributed by atoms with Gasteiger partial charge in [-0.05, 0) is 40.9 Å². The predicted octanol–water partition coefficient (Wildman–Crippen LogP) is 4.01. The van der Waals surface area contributed by atoms with Crippen molar-refractivity contribution in [2.75, 3.05) is 12.8 Å². The Morgan fingerprint density at radius 1 is 1.30 bits per heavy atom. The molecule has 0 atom stereocenters. The molecular weight excluding hydrogens is 378 g/mol. The summed E-state index contributed by atoms with van der Waals surface area (Å²) in [7, 11) is 1.80. The average molecular weight is 402 g/mol. The minimum absolute atomic E-state index is 0.0237. The van der Waals surface area contributed by atoms with Crippen molar-refractivity contribution in [1.29, 1.82) is 0 Å². The lowest BCUT2D eigenvalue weighted by molar-refractivity contribution is -0.127. The number of hydrogen-bond donors (Lipinski definition) is 0. The zero-order valence-corrected chi connectivity index (χ0v) is 17.2. The number of rotatable bonds is 8. The number of aromatic nitrogens is 2. The Labute approximate surface area is 167 Å². The molecule has 1 aromatic carbocycles. The summed E-state index contributed by atoms with van der Waals surface area (Å²) in [4.78, 5) is 31.7. The van der Waals surface area contributed by atoms with Gasteiger partial charge in [0.05, 0.1) is 16.7 Å². The number of nitrogens with zero attached hydrogens (tertiary/aromatic N) is 3. The summed E-state index contributed by atoms with van der Waals surface area (Å²) in [5.74, 6) is 0.285. The fraction of sp³-hybridized carbons (Fsp3) is 0.350. The monoisotopic (exact) mass is 401 g/mol. The minimum Gasteiger partial charge on any atom is -0.341 e. The molecule has 0 aliphatic heterocycles. The van der Waals surface area contributed by atoms with Gasteiger partial charge in [0.25, 0.3) is 5.56 Å². The van der Waals surface area contributed by atoms with Gasteiger partial charge >= 0.3 is 0 Å². The molecule has 0 bridgehead atoms. The van der Waals surface area contributed by atoms with Gasteiger partial charge in [-0.15, -0.1) is 0 Å². The molecule has 7 heteroatoms. The van der Waals surface area contributed by atoms with E-state index in [1.54, 1.807) is 33.9 Å². The van der Waals surface area contributed by atoms with E-state index in [1.807, 2.05) is 35.0 Å². The quantitative estimate of drug-likeness (QED) is 0.423. The normalized spacial score (nSPS) is 11.0. The summed E-state index contributed by atoms with van der Waals surface area (Å²) in [5.41, 5.74) is 1.77. The number of thiophene rings is 1. The summed E-state index contributed by atoms with van der Waals surface area (Å²) < 4.78 is 1.71. The molecule has 0 saturated heterocycles. The van der Waals surface area contributed by atoms with Crippen molar-refractivity contribution in [3.05, 3.63) is 57.0 Å². The van der Waals surface area contributed by atoms with Gasteiger partial charge in [-0.25, -0.2) is 4.98 Å². The highest BCUT2D eigenvalue weighted by molar-refractivity contribution is 7.99. The van der Waals surface area contributed by atoms with E-state index < -0.39 is 0 Å². The second kappa shape index (κ2) is 9.19. The van der Waals surface area contributed by atoms with E-state index in [4.69, 9.17) is 0 Å². The zero-order chi connectivity index (χ0) is 19.2. The number of fused-ring (bicyclic) bond motifs is 1. The number of carbonyl (C=O) groups is 1. The van der Waals surface area contributed by atoms with E-state index >= 15 is 0 Å². The Balaban J connectivity index is 1.78. The van der Waals surface area contributed by atoms with Crippen LogP contribution in [-0.4, -0.2) is 33.2 Å². The largest absolute Gasteiger partial charge is 0.341 e. The standard InChI is InChI=1S/C20H23N3O2S2/c1-3-4-10-23-19(25)16-7-5-6-8-17(16)21-20(23)27-14-18(24)22(2)12-15-9-11-26-13-15/h5-9,11,13H,3-4,10,12,14H2,1-2H3. The summed E-state index contributed by atoms with van der Waals surface area (Å²) in [6, 6.07) is 9.40.